The van der Waals surface area contributed by atoms with Crippen LogP contribution < -0.4 is 26.1 Å². The summed E-state index contributed by atoms with van der Waals surface area (Å²) in [6.45, 7) is 2.58. The molecule has 0 bridgehead atoms. The lowest BCUT2D eigenvalue weighted by atomic mass is 9.77. The van der Waals surface area contributed by atoms with E-state index in [1.54, 1.807) is 0 Å². The van der Waals surface area contributed by atoms with Gasteiger partial charge in [-0.15, -0.1) is 0 Å². The summed E-state index contributed by atoms with van der Waals surface area (Å²) >= 11 is 1.52. The summed E-state index contributed by atoms with van der Waals surface area (Å²) < 4.78 is 1.82. The number of hydrogen-bond donors (Lipinski definition) is 4. The standard InChI is InChI=1S/C33H47N11O4S/c1-40(2)21-19-34-29(23-43(45)46)36-27-13-9-25(10-14-27)31-39-42(5)32(49-31)38-33(17-7-6-8-18-33)26-11-15-28(16-12-26)37-30(24-44(47)48)35-20-22-41(3)4/h9-16,23-24,34-37H,6-8,17-22H2,1-5H3. The Morgan fingerprint density at radius 2 is 1.35 bits per heavy atom. The molecule has 4 rings (SSSR count). The Morgan fingerprint density at radius 1 is 0.857 bits per heavy atom. The van der Waals surface area contributed by atoms with Crippen molar-refractivity contribution in [3.8, 4) is 10.6 Å². The number of nitro groups is 2. The molecule has 0 radical (unpaired) electrons. The van der Waals surface area contributed by atoms with Crippen LogP contribution in [0.1, 0.15) is 37.7 Å². The van der Waals surface area contributed by atoms with E-state index < -0.39 is 15.4 Å². The number of rotatable bonds is 17. The number of aromatic nitrogens is 2. The van der Waals surface area contributed by atoms with Crippen molar-refractivity contribution < 1.29 is 9.85 Å². The largest absolute Gasteiger partial charge is 0.365 e. The quantitative estimate of drug-likeness (QED) is 0.118. The van der Waals surface area contributed by atoms with Crippen molar-refractivity contribution in [3.63, 3.8) is 0 Å². The van der Waals surface area contributed by atoms with Gasteiger partial charge in [-0.1, -0.05) is 42.7 Å². The third-order valence-electron chi connectivity index (χ3n) is 8.03. The highest BCUT2D eigenvalue weighted by molar-refractivity contribution is 7.12. The molecule has 15 nitrogen and oxygen atoms in total. The van der Waals surface area contributed by atoms with Gasteiger partial charge >= 0.3 is 0 Å². The Labute approximate surface area is 290 Å². The number of nitrogens with zero attached hydrogens (tertiary/aromatic N) is 7. The van der Waals surface area contributed by atoms with Gasteiger partial charge < -0.3 is 31.1 Å². The van der Waals surface area contributed by atoms with E-state index in [0.29, 0.717) is 30.4 Å². The van der Waals surface area contributed by atoms with Crippen LogP contribution >= 0.6 is 11.3 Å². The molecular formula is C33H47N11O4S. The summed E-state index contributed by atoms with van der Waals surface area (Å²) in [5, 5.41) is 40.4. The zero-order valence-corrected chi connectivity index (χ0v) is 29.6. The number of benzene rings is 2. The highest BCUT2D eigenvalue weighted by atomic mass is 32.1. The Bertz CT molecular complexity index is 1670. The second-order valence-electron chi connectivity index (χ2n) is 12.5. The molecule has 264 valence electrons. The first-order valence-electron chi connectivity index (χ1n) is 16.3. The summed E-state index contributed by atoms with van der Waals surface area (Å²) in [6.07, 6.45) is 6.99. The van der Waals surface area contributed by atoms with E-state index >= 15 is 0 Å². The molecule has 0 aliphatic heterocycles. The Balaban J connectivity index is 1.54. The predicted octanol–water partition coefficient (Wildman–Crippen LogP) is 4.19. The van der Waals surface area contributed by atoms with Crippen LogP contribution in [-0.2, 0) is 12.6 Å². The maximum Gasteiger partial charge on any atom is 0.274 e. The molecule has 2 aromatic carbocycles. The molecule has 49 heavy (non-hydrogen) atoms. The molecule has 1 aliphatic carbocycles. The second-order valence-corrected chi connectivity index (χ2v) is 13.5. The molecule has 16 heteroatoms. The number of likely N-dealkylation sites (N-methyl/N-ethyl adjacent to an activating group) is 2. The fourth-order valence-corrected chi connectivity index (χ4v) is 6.49. The summed E-state index contributed by atoms with van der Waals surface area (Å²) in [7, 11) is 9.68. The van der Waals surface area contributed by atoms with Crippen molar-refractivity contribution in [1.29, 1.82) is 0 Å². The van der Waals surface area contributed by atoms with Crippen LogP contribution in [-0.4, -0.2) is 83.8 Å². The number of aryl methyl sites for hydroxylation is 1. The molecule has 0 saturated heterocycles. The highest BCUT2D eigenvalue weighted by Crippen LogP contribution is 2.41. The predicted molar refractivity (Wildman–Crippen MR) is 194 cm³/mol. The third-order valence-corrected chi connectivity index (χ3v) is 9.07. The van der Waals surface area contributed by atoms with Crippen LogP contribution in [0.5, 0.6) is 0 Å². The fourth-order valence-electron chi connectivity index (χ4n) is 5.50. The average molecular weight is 694 g/mol. The van der Waals surface area contributed by atoms with Crippen LogP contribution in [0.25, 0.3) is 10.6 Å². The van der Waals surface area contributed by atoms with Crippen LogP contribution in [0.2, 0.25) is 0 Å². The molecule has 1 saturated carbocycles. The summed E-state index contributed by atoms with van der Waals surface area (Å²) in [5.41, 5.74) is 3.06. The average Bonchev–Trinajstić information content (AvgIpc) is 3.40. The summed E-state index contributed by atoms with van der Waals surface area (Å²) in [6, 6.07) is 15.6. The zero-order valence-electron chi connectivity index (χ0n) is 28.8. The first-order valence-corrected chi connectivity index (χ1v) is 17.1. The van der Waals surface area contributed by atoms with Gasteiger partial charge in [-0.2, -0.15) is 5.10 Å². The Kier molecular flexibility index (Phi) is 13.3. The topological polar surface area (TPSA) is 171 Å². The molecule has 0 atom stereocenters. The molecular weight excluding hydrogens is 647 g/mol. The highest BCUT2D eigenvalue weighted by Gasteiger charge is 2.34. The van der Waals surface area contributed by atoms with E-state index in [-0.39, 0.29) is 0 Å². The fraction of sp³-hybridized carbons (Fsp3) is 0.455. The zero-order chi connectivity index (χ0) is 35.4. The van der Waals surface area contributed by atoms with Gasteiger partial charge in [-0.25, -0.2) is 9.67 Å². The van der Waals surface area contributed by atoms with Gasteiger partial charge in [0.25, 0.3) is 12.4 Å². The van der Waals surface area contributed by atoms with Gasteiger partial charge in [0.05, 0.1) is 15.4 Å². The Morgan fingerprint density at radius 3 is 1.82 bits per heavy atom. The maximum absolute atomic E-state index is 11.2. The van der Waals surface area contributed by atoms with Gasteiger partial charge in [0, 0.05) is 50.2 Å². The smallest absolute Gasteiger partial charge is 0.274 e. The van der Waals surface area contributed by atoms with Gasteiger partial charge in [0.1, 0.15) is 5.01 Å². The lowest BCUT2D eigenvalue weighted by molar-refractivity contribution is -0.403. The monoisotopic (exact) mass is 693 g/mol. The van der Waals surface area contributed by atoms with Gasteiger partial charge in [-0.05, 0) is 83.0 Å². The molecule has 1 heterocycles. The normalized spacial score (nSPS) is 15.4. The van der Waals surface area contributed by atoms with Gasteiger partial charge in [0.2, 0.25) is 4.80 Å². The van der Waals surface area contributed by atoms with E-state index in [1.165, 1.54) is 11.3 Å². The van der Waals surface area contributed by atoms with Gasteiger partial charge in [-0.3, -0.25) is 20.2 Å². The molecule has 3 aromatic rings. The summed E-state index contributed by atoms with van der Waals surface area (Å²) in [4.78, 5) is 31.6. The lowest BCUT2D eigenvalue weighted by Gasteiger charge is -2.34. The molecule has 1 aliphatic rings. The van der Waals surface area contributed by atoms with Crippen LogP contribution in [0.4, 0.5) is 11.4 Å². The molecule has 1 fully saturated rings. The second kappa shape index (κ2) is 17.6. The molecule has 1 aromatic heterocycles. The first-order chi connectivity index (χ1) is 23.4. The van der Waals surface area contributed by atoms with E-state index in [9.17, 15) is 20.2 Å². The maximum atomic E-state index is 11.2. The minimum absolute atomic E-state index is 0.313. The minimum Gasteiger partial charge on any atom is -0.365 e. The number of nitrogens with one attached hydrogen (secondary N) is 4. The van der Waals surface area contributed by atoms with E-state index in [2.05, 4.69) is 33.4 Å². The van der Waals surface area contributed by atoms with E-state index in [1.807, 2.05) is 86.1 Å². The molecule has 4 N–H and O–H groups in total. The van der Waals surface area contributed by atoms with Crippen molar-refractivity contribution in [2.24, 2.45) is 12.0 Å². The van der Waals surface area contributed by atoms with Crippen molar-refractivity contribution in [2.45, 2.75) is 37.6 Å². The molecule has 0 spiro atoms. The van der Waals surface area contributed by atoms with Crippen LogP contribution in [0, 0.1) is 20.2 Å². The molecule has 0 unspecified atom stereocenters. The van der Waals surface area contributed by atoms with Crippen LogP contribution in [0.15, 0.2) is 77.6 Å². The van der Waals surface area contributed by atoms with Crippen molar-refractivity contribution in [2.75, 3.05) is 65.0 Å². The van der Waals surface area contributed by atoms with Crippen LogP contribution in [0.3, 0.4) is 0 Å². The lowest BCUT2D eigenvalue weighted by Crippen LogP contribution is -2.31. The number of hydrogen-bond acceptors (Lipinski definition) is 13. The van der Waals surface area contributed by atoms with Crippen molar-refractivity contribution in [3.05, 3.63) is 103 Å². The van der Waals surface area contributed by atoms with E-state index in [4.69, 9.17) is 10.1 Å². The minimum atomic E-state index is -0.483. The molecule has 0 amide bonds. The van der Waals surface area contributed by atoms with Gasteiger partial charge in [0.15, 0.2) is 11.6 Å². The third kappa shape index (κ3) is 11.4. The Hall–Kier alpha value is -4.80. The van der Waals surface area contributed by atoms with Crippen molar-refractivity contribution >= 4 is 22.7 Å². The SMILES string of the molecule is CN(C)CCNC(=C[N+](=O)[O-])Nc1ccc(-c2nn(C)c(=NC3(c4ccc(NC(=C[N+](=O)[O-])NCCN(C)C)cc4)CCCCC3)s2)cc1. The first kappa shape index (κ1) is 37.0. The number of anilines is 2. The van der Waals surface area contributed by atoms with Crippen molar-refractivity contribution in [1.82, 2.24) is 30.2 Å². The van der Waals surface area contributed by atoms with E-state index in [0.717, 1.165) is 84.2 Å². The summed E-state index contributed by atoms with van der Waals surface area (Å²) in [5.74, 6) is 0.642.